The summed E-state index contributed by atoms with van der Waals surface area (Å²) in [5, 5.41) is 2.67. The molecule has 0 aliphatic carbocycles. The highest BCUT2D eigenvalue weighted by Crippen LogP contribution is 2.29. The molecule has 3 rings (SSSR count). The van der Waals surface area contributed by atoms with Gasteiger partial charge in [0, 0.05) is 5.69 Å². The van der Waals surface area contributed by atoms with Crippen LogP contribution in [0.1, 0.15) is 5.56 Å². The fourth-order valence-corrected chi connectivity index (χ4v) is 3.43. The second kappa shape index (κ2) is 5.34. The monoisotopic (exact) mass is 318 g/mol. The van der Waals surface area contributed by atoms with Gasteiger partial charge < -0.3 is 10.1 Å². The minimum absolute atomic E-state index is 0.105. The van der Waals surface area contributed by atoms with Crippen LogP contribution in [0.3, 0.4) is 0 Å². The number of hydrogen-bond donors (Lipinski definition) is 2. The van der Waals surface area contributed by atoms with Crippen molar-refractivity contribution in [1.82, 2.24) is 0 Å². The Labute approximate surface area is 128 Å². The van der Waals surface area contributed by atoms with Crippen LogP contribution in [0, 0.1) is 0 Å². The minimum atomic E-state index is -3.75. The van der Waals surface area contributed by atoms with Gasteiger partial charge in [0.05, 0.1) is 24.1 Å². The Morgan fingerprint density at radius 1 is 1.18 bits per heavy atom. The van der Waals surface area contributed by atoms with E-state index < -0.39 is 10.0 Å². The van der Waals surface area contributed by atoms with Gasteiger partial charge in [0.15, 0.2) is 0 Å². The lowest BCUT2D eigenvalue weighted by Gasteiger charge is -2.12. The molecule has 0 radical (unpaired) electrons. The second-order valence-electron chi connectivity index (χ2n) is 4.85. The van der Waals surface area contributed by atoms with Gasteiger partial charge in [-0.25, -0.2) is 8.42 Å². The summed E-state index contributed by atoms with van der Waals surface area (Å²) in [4.78, 5) is 11.4. The molecule has 2 N–H and O–H groups in total. The zero-order valence-corrected chi connectivity index (χ0v) is 12.6. The predicted octanol–water partition coefficient (Wildman–Crippen LogP) is 1.99. The first-order valence-electron chi connectivity index (χ1n) is 6.58. The van der Waals surface area contributed by atoms with Crippen LogP contribution in [0.15, 0.2) is 47.4 Å². The molecule has 7 heteroatoms. The van der Waals surface area contributed by atoms with Crippen LogP contribution in [0.4, 0.5) is 11.4 Å². The summed E-state index contributed by atoms with van der Waals surface area (Å²) in [6.07, 6.45) is 0.188. The minimum Gasteiger partial charge on any atom is -0.495 e. The van der Waals surface area contributed by atoms with Crippen molar-refractivity contribution in [2.75, 3.05) is 17.1 Å². The lowest BCUT2D eigenvalue weighted by molar-refractivity contribution is -0.115. The SMILES string of the molecule is COc1ccccc1NS(=O)(=O)c1ccc2c(c1)CC(=O)N2. The van der Waals surface area contributed by atoms with Gasteiger partial charge in [-0.2, -0.15) is 0 Å². The molecule has 0 saturated carbocycles. The van der Waals surface area contributed by atoms with E-state index in [4.69, 9.17) is 4.74 Å². The highest BCUT2D eigenvalue weighted by molar-refractivity contribution is 7.92. The summed E-state index contributed by atoms with van der Waals surface area (Å²) >= 11 is 0. The van der Waals surface area contributed by atoms with Crippen molar-refractivity contribution in [3.8, 4) is 5.75 Å². The molecule has 1 amide bonds. The first-order chi connectivity index (χ1) is 10.5. The van der Waals surface area contributed by atoms with E-state index in [0.29, 0.717) is 22.7 Å². The molecule has 2 aromatic carbocycles. The number of benzene rings is 2. The number of nitrogens with one attached hydrogen (secondary N) is 2. The van der Waals surface area contributed by atoms with Crippen molar-refractivity contribution in [2.24, 2.45) is 0 Å². The van der Waals surface area contributed by atoms with Crippen LogP contribution < -0.4 is 14.8 Å². The van der Waals surface area contributed by atoms with E-state index in [1.807, 2.05) is 0 Å². The molecule has 2 aromatic rings. The summed E-state index contributed by atoms with van der Waals surface area (Å²) in [5.41, 5.74) is 1.69. The molecule has 0 spiro atoms. The third kappa shape index (κ3) is 2.62. The Balaban J connectivity index is 1.94. The quantitative estimate of drug-likeness (QED) is 0.903. The van der Waals surface area contributed by atoms with E-state index in [0.717, 1.165) is 0 Å². The molecule has 0 saturated heterocycles. The average molecular weight is 318 g/mol. The van der Waals surface area contributed by atoms with Gasteiger partial charge in [0.25, 0.3) is 10.0 Å². The molecule has 1 heterocycles. The molecule has 0 bridgehead atoms. The normalized spacial score (nSPS) is 13.4. The van der Waals surface area contributed by atoms with Gasteiger partial charge in [-0.3, -0.25) is 9.52 Å². The number of rotatable bonds is 4. The van der Waals surface area contributed by atoms with Crippen LogP contribution >= 0.6 is 0 Å². The average Bonchev–Trinajstić information content (AvgIpc) is 2.86. The van der Waals surface area contributed by atoms with Gasteiger partial charge in [-0.05, 0) is 35.9 Å². The van der Waals surface area contributed by atoms with Crippen LogP contribution in [-0.2, 0) is 21.2 Å². The van der Waals surface area contributed by atoms with Crippen LogP contribution in [0.5, 0.6) is 5.75 Å². The standard InChI is InChI=1S/C15H14N2O4S/c1-21-14-5-3-2-4-13(14)17-22(19,20)11-6-7-12-10(8-11)9-15(18)16-12/h2-8,17H,9H2,1H3,(H,16,18). The Morgan fingerprint density at radius 3 is 2.73 bits per heavy atom. The van der Waals surface area contributed by atoms with Crippen molar-refractivity contribution < 1.29 is 17.9 Å². The summed E-state index contributed by atoms with van der Waals surface area (Å²) in [6.45, 7) is 0. The fourth-order valence-electron chi connectivity index (χ4n) is 2.31. The molecule has 0 unspecified atom stereocenters. The second-order valence-corrected chi connectivity index (χ2v) is 6.53. The Morgan fingerprint density at radius 2 is 1.95 bits per heavy atom. The molecule has 1 aliphatic rings. The first-order valence-corrected chi connectivity index (χ1v) is 8.06. The molecule has 0 atom stereocenters. The van der Waals surface area contributed by atoms with Gasteiger partial charge in [0.1, 0.15) is 5.75 Å². The number of para-hydroxylation sites is 2. The van der Waals surface area contributed by atoms with E-state index in [-0.39, 0.29) is 17.2 Å². The van der Waals surface area contributed by atoms with Crippen molar-refractivity contribution in [3.63, 3.8) is 0 Å². The van der Waals surface area contributed by atoms with E-state index in [1.54, 1.807) is 30.3 Å². The van der Waals surface area contributed by atoms with Crippen LogP contribution in [0.25, 0.3) is 0 Å². The summed E-state index contributed by atoms with van der Waals surface area (Å²) in [6, 6.07) is 11.3. The van der Waals surface area contributed by atoms with Gasteiger partial charge in [-0.15, -0.1) is 0 Å². The number of anilines is 2. The maximum Gasteiger partial charge on any atom is 0.262 e. The maximum absolute atomic E-state index is 12.5. The van der Waals surface area contributed by atoms with Crippen molar-refractivity contribution in [1.29, 1.82) is 0 Å². The molecular weight excluding hydrogens is 304 g/mol. The number of carbonyl (C=O) groups is 1. The van der Waals surface area contributed by atoms with Crippen LogP contribution in [-0.4, -0.2) is 21.4 Å². The highest BCUT2D eigenvalue weighted by atomic mass is 32.2. The number of ether oxygens (including phenoxy) is 1. The van der Waals surface area contributed by atoms with Gasteiger partial charge >= 0.3 is 0 Å². The number of hydrogen-bond acceptors (Lipinski definition) is 4. The molecule has 0 aromatic heterocycles. The maximum atomic E-state index is 12.5. The Hall–Kier alpha value is -2.54. The fraction of sp³-hybridized carbons (Fsp3) is 0.133. The number of methoxy groups -OCH3 is 1. The zero-order chi connectivity index (χ0) is 15.7. The van der Waals surface area contributed by atoms with Gasteiger partial charge in [0.2, 0.25) is 5.91 Å². The smallest absolute Gasteiger partial charge is 0.262 e. The number of carbonyl (C=O) groups excluding carboxylic acids is 1. The lowest BCUT2D eigenvalue weighted by Crippen LogP contribution is -2.13. The Kier molecular flexibility index (Phi) is 3.50. The third-order valence-electron chi connectivity index (χ3n) is 3.36. The van der Waals surface area contributed by atoms with Crippen molar-refractivity contribution in [2.45, 2.75) is 11.3 Å². The topological polar surface area (TPSA) is 84.5 Å². The van der Waals surface area contributed by atoms with E-state index >= 15 is 0 Å². The summed E-state index contributed by atoms with van der Waals surface area (Å²) in [7, 11) is -2.28. The third-order valence-corrected chi connectivity index (χ3v) is 4.73. The van der Waals surface area contributed by atoms with E-state index in [1.165, 1.54) is 19.2 Å². The molecule has 0 fully saturated rings. The Bertz CT molecular complexity index is 846. The number of fused-ring (bicyclic) bond motifs is 1. The first kappa shape index (κ1) is 14.4. The van der Waals surface area contributed by atoms with Crippen molar-refractivity contribution in [3.05, 3.63) is 48.0 Å². The predicted molar refractivity (Wildman–Crippen MR) is 82.6 cm³/mol. The largest absolute Gasteiger partial charge is 0.495 e. The molecule has 6 nitrogen and oxygen atoms in total. The summed E-state index contributed by atoms with van der Waals surface area (Å²) < 4.78 is 32.6. The van der Waals surface area contributed by atoms with E-state index in [9.17, 15) is 13.2 Å². The van der Waals surface area contributed by atoms with Crippen LogP contribution in [0.2, 0.25) is 0 Å². The lowest BCUT2D eigenvalue weighted by atomic mass is 10.2. The molecule has 1 aliphatic heterocycles. The number of sulfonamides is 1. The molecule has 114 valence electrons. The summed E-state index contributed by atoms with van der Waals surface area (Å²) in [5.74, 6) is 0.298. The number of amides is 1. The molecular formula is C15H14N2O4S. The van der Waals surface area contributed by atoms with Crippen molar-refractivity contribution >= 4 is 27.3 Å². The van der Waals surface area contributed by atoms with Gasteiger partial charge in [-0.1, -0.05) is 12.1 Å². The van der Waals surface area contributed by atoms with E-state index in [2.05, 4.69) is 10.0 Å². The molecule has 22 heavy (non-hydrogen) atoms. The zero-order valence-electron chi connectivity index (χ0n) is 11.8. The highest BCUT2D eigenvalue weighted by Gasteiger charge is 2.22.